The van der Waals surface area contributed by atoms with Gasteiger partial charge in [0.15, 0.2) is 0 Å². The van der Waals surface area contributed by atoms with E-state index in [2.05, 4.69) is 99.0 Å². The third-order valence-electron chi connectivity index (χ3n) is 15.8. The van der Waals surface area contributed by atoms with Crippen molar-refractivity contribution in [2.45, 2.75) is 341 Å². The average molecular weight is 1210 g/mol. The average Bonchev–Trinajstić information content (AvgIpc) is 3.59. The molecule has 9 nitrogen and oxygen atoms in total. The van der Waals surface area contributed by atoms with Gasteiger partial charge < -0.3 is 19.4 Å². The quantitative estimate of drug-likeness (QED) is 0.0205. The molecule has 10 heteroatoms. The highest BCUT2D eigenvalue weighted by Crippen LogP contribution is 2.43. The Morgan fingerprint density at radius 2 is 0.718 bits per heavy atom. The first-order chi connectivity index (χ1) is 41.4. The number of phosphoric acid groups is 1. The number of esters is 1. The van der Waals surface area contributed by atoms with Gasteiger partial charge in [0.25, 0.3) is 0 Å². The topological polar surface area (TPSA) is 111 Å². The SMILES string of the molecule is CCCCC/C=C\C/C=C\C/C=C\CCCCCCCCCCCCCCCCC(=O)OC(/C=C\CCCCCCCCCCC)C(COP(=O)(O)OCC[N+](C)(C)C)NC(=O)CCCCCCCCCC/C=C\C/C=C\C/C=C\CCCCC. The first kappa shape index (κ1) is 82.2. The van der Waals surface area contributed by atoms with Crippen LogP contribution in [0.2, 0.25) is 0 Å². The maximum atomic E-state index is 13.6. The fraction of sp³-hybridized carbons (Fsp3) is 0.787. The summed E-state index contributed by atoms with van der Waals surface area (Å²) in [5.41, 5.74) is 0. The van der Waals surface area contributed by atoms with Crippen molar-refractivity contribution in [3.05, 3.63) is 85.1 Å². The van der Waals surface area contributed by atoms with Crippen LogP contribution in [0.4, 0.5) is 0 Å². The Balaban J connectivity index is 5.00. The fourth-order valence-electron chi connectivity index (χ4n) is 10.2. The Bertz CT molecular complexity index is 1730. The third-order valence-corrected chi connectivity index (χ3v) is 16.8. The van der Waals surface area contributed by atoms with E-state index in [1.54, 1.807) is 0 Å². The highest BCUT2D eigenvalue weighted by molar-refractivity contribution is 7.47. The van der Waals surface area contributed by atoms with Gasteiger partial charge in [0.05, 0.1) is 33.8 Å². The maximum Gasteiger partial charge on any atom is 0.472 e. The van der Waals surface area contributed by atoms with Gasteiger partial charge in [-0.15, -0.1) is 0 Å². The number of nitrogens with one attached hydrogen (secondary N) is 1. The summed E-state index contributed by atoms with van der Waals surface area (Å²) in [6.45, 7) is 6.97. The second kappa shape index (κ2) is 64.2. The number of phosphoric ester groups is 1. The van der Waals surface area contributed by atoms with Crippen LogP contribution in [0.1, 0.15) is 329 Å². The molecule has 3 unspecified atom stereocenters. The van der Waals surface area contributed by atoms with Crippen molar-refractivity contribution in [2.24, 2.45) is 0 Å². The Hall–Kier alpha value is -2.81. The summed E-state index contributed by atoms with van der Waals surface area (Å²) >= 11 is 0. The number of allylic oxidation sites excluding steroid dienone is 13. The molecule has 3 atom stereocenters. The van der Waals surface area contributed by atoms with Gasteiger partial charge in [-0.1, -0.05) is 292 Å². The summed E-state index contributed by atoms with van der Waals surface area (Å²) in [4.78, 5) is 37.9. The van der Waals surface area contributed by atoms with Crippen molar-refractivity contribution >= 4 is 19.7 Å². The second-order valence-electron chi connectivity index (χ2n) is 25.4. The van der Waals surface area contributed by atoms with Crippen molar-refractivity contribution in [1.29, 1.82) is 0 Å². The molecule has 85 heavy (non-hydrogen) atoms. The van der Waals surface area contributed by atoms with E-state index in [4.69, 9.17) is 13.8 Å². The van der Waals surface area contributed by atoms with E-state index >= 15 is 0 Å². The fourth-order valence-corrected chi connectivity index (χ4v) is 11.0. The molecule has 0 saturated carbocycles. The van der Waals surface area contributed by atoms with Crippen LogP contribution in [0.5, 0.6) is 0 Å². The molecule has 0 aliphatic carbocycles. The largest absolute Gasteiger partial charge is 0.472 e. The number of ether oxygens (including phenoxy) is 1. The van der Waals surface area contributed by atoms with E-state index in [-0.39, 0.29) is 31.5 Å². The van der Waals surface area contributed by atoms with Gasteiger partial charge in [-0.3, -0.25) is 18.6 Å². The minimum atomic E-state index is -4.46. The molecule has 0 aromatic heterocycles. The van der Waals surface area contributed by atoms with Crippen LogP contribution in [0, 0.1) is 0 Å². The summed E-state index contributed by atoms with van der Waals surface area (Å²) < 4.78 is 30.8. The number of amides is 1. The smallest absolute Gasteiger partial charge is 0.456 e. The van der Waals surface area contributed by atoms with Gasteiger partial charge in [0.1, 0.15) is 19.3 Å². The summed E-state index contributed by atoms with van der Waals surface area (Å²) in [5, 5.41) is 3.07. The zero-order valence-corrected chi connectivity index (χ0v) is 57.5. The minimum absolute atomic E-state index is 0.0364. The monoisotopic (exact) mass is 1210 g/mol. The van der Waals surface area contributed by atoms with Crippen LogP contribution in [0.25, 0.3) is 0 Å². The molecule has 0 aliphatic rings. The number of unbranched alkanes of at least 4 members (excludes halogenated alkanes) is 37. The van der Waals surface area contributed by atoms with Crippen molar-refractivity contribution in [3.63, 3.8) is 0 Å². The lowest BCUT2D eigenvalue weighted by molar-refractivity contribution is -0.870. The van der Waals surface area contributed by atoms with Crippen molar-refractivity contribution < 1.29 is 37.3 Å². The first-order valence-electron chi connectivity index (χ1n) is 35.9. The molecule has 0 rings (SSSR count). The van der Waals surface area contributed by atoms with Gasteiger partial charge in [-0.25, -0.2) is 4.57 Å². The third kappa shape index (κ3) is 65.5. The van der Waals surface area contributed by atoms with Crippen LogP contribution in [0.15, 0.2) is 85.1 Å². The normalized spacial score (nSPS) is 14.0. The first-order valence-corrected chi connectivity index (χ1v) is 37.4. The van der Waals surface area contributed by atoms with Crippen LogP contribution in [0.3, 0.4) is 0 Å². The van der Waals surface area contributed by atoms with E-state index in [1.165, 1.54) is 199 Å². The lowest BCUT2D eigenvalue weighted by Crippen LogP contribution is -2.47. The zero-order chi connectivity index (χ0) is 62.1. The van der Waals surface area contributed by atoms with E-state index in [1.807, 2.05) is 33.3 Å². The molecule has 0 bridgehead atoms. The number of carbonyl (C=O) groups is 2. The highest BCUT2D eigenvalue weighted by atomic mass is 31.2. The van der Waals surface area contributed by atoms with Crippen LogP contribution < -0.4 is 5.32 Å². The molecule has 0 aliphatic heterocycles. The van der Waals surface area contributed by atoms with Gasteiger partial charge >= 0.3 is 13.8 Å². The van der Waals surface area contributed by atoms with Gasteiger partial charge in [0.2, 0.25) is 5.91 Å². The summed E-state index contributed by atoms with van der Waals surface area (Å²) in [7, 11) is 1.49. The Morgan fingerprint density at radius 1 is 0.412 bits per heavy atom. The molecular formula is C75H138N2O7P+. The Kier molecular flexibility index (Phi) is 62.1. The van der Waals surface area contributed by atoms with Crippen LogP contribution in [-0.2, 0) is 27.9 Å². The number of hydrogen-bond donors (Lipinski definition) is 2. The molecule has 2 N–H and O–H groups in total. The molecule has 0 radical (unpaired) electrons. The van der Waals surface area contributed by atoms with E-state index in [9.17, 15) is 19.0 Å². The zero-order valence-electron chi connectivity index (χ0n) is 56.6. The van der Waals surface area contributed by atoms with Gasteiger partial charge in [-0.05, 0) is 109 Å². The molecule has 494 valence electrons. The number of carbonyl (C=O) groups excluding carboxylic acids is 2. The van der Waals surface area contributed by atoms with Crippen molar-refractivity contribution in [1.82, 2.24) is 5.32 Å². The number of nitrogens with zero attached hydrogens (tertiary/aromatic N) is 1. The lowest BCUT2D eigenvalue weighted by Gasteiger charge is -2.27. The number of quaternary nitrogens is 1. The van der Waals surface area contributed by atoms with Crippen molar-refractivity contribution in [2.75, 3.05) is 40.9 Å². The predicted octanol–water partition coefficient (Wildman–Crippen LogP) is 22.9. The highest BCUT2D eigenvalue weighted by Gasteiger charge is 2.30. The molecular weight excluding hydrogens is 1070 g/mol. The Labute approximate surface area is 526 Å². The van der Waals surface area contributed by atoms with E-state index < -0.39 is 20.0 Å². The van der Waals surface area contributed by atoms with Gasteiger partial charge in [0, 0.05) is 12.8 Å². The molecule has 0 aromatic carbocycles. The summed E-state index contributed by atoms with van der Waals surface area (Å²) in [5.74, 6) is -0.508. The van der Waals surface area contributed by atoms with Crippen LogP contribution in [-0.4, -0.2) is 74.3 Å². The number of likely N-dealkylation sites (N-methyl/N-ethyl adjacent to an activating group) is 1. The molecule has 0 heterocycles. The van der Waals surface area contributed by atoms with E-state index in [0.717, 1.165) is 96.3 Å². The number of hydrogen-bond acceptors (Lipinski definition) is 6. The maximum absolute atomic E-state index is 13.6. The standard InChI is InChI=1S/C75H137N2O7P/c1-7-10-13-16-19-22-25-27-29-31-33-35-36-37-38-39-40-42-44-46-48-50-53-56-59-62-65-68-75(79)84-73(66-63-60-57-54-51-24-21-18-15-12-9-3)72(71-83-85(80,81)82-70-69-77(4,5)6)76-74(78)67-64-61-58-55-52-49-47-45-43-41-34-32-30-28-26-23-20-17-14-11-8-2/h19-20,22-23,27-30,33-35,41,63,66,72-73H,7-18,21,24-26,31-32,36-40,42-62,64-65,67-71H2,1-6H3,(H-,76,78,80,81)/p+1/b22-19-,23-20-,29-27-,30-28-,35-33-,41-34-,66-63-. The summed E-state index contributed by atoms with van der Waals surface area (Å²) in [6.07, 6.45) is 85.9. The molecule has 0 aromatic rings. The molecule has 0 fully saturated rings. The lowest BCUT2D eigenvalue weighted by atomic mass is 10.0. The second-order valence-corrected chi connectivity index (χ2v) is 26.9. The summed E-state index contributed by atoms with van der Waals surface area (Å²) in [6, 6.07) is -0.856. The van der Waals surface area contributed by atoms with E-state index in [0.29, 0.717) is 17.4 Å². The number of rotatable bonds is 65. The molecule has 0 saturated heterocycles. The van der Waals surface area contributed by atoms with Crippen molar-refractivity contribution in [3.8, 4) is 0 Å². The van der Waals surface area contributed by atoms with Crippen LogP contribution >= 0.6 is 7.82 Å². The Morgan fingerprint density at radius 3 is 1.09 bits per heavy atom. The molecule has 0 spiro atoms. The molecule has 1 amide bonds. The minimum Gasteiger partial charge on any atom is -0.456 e. The predicted molar refractivity (Wildman–Crippen MR) is 369 cm³/mol. The van der Waals surface area contributed by atoms with Gasteiger partial charge in [-0.2, -0.15) is 0 Å².